The molecule has 0 aliphatic heterocycles. The highest BCUT2D eigenvalue weighted by Crippen LogP contribution is 2.04. The monoisotopic (exact) mass is 172 g/mol. The Labute approximate surface area is 74.9 Å². The van der Waals surface area contributed by atoms with E-state index in [1.54, 1.807) is 7.05 Å². The number of carbonyl (C=O) groups is 1. The molecule has 0 aromatic rings. The number of likely N-dealkylation sites (N-methyl/N-ethyl adjacent to an activating group) is 1. The Balaban J connectivity index is 3.34. The van der Waals surface area contributed by atoms with Gasteiger partial charge in [0.05, 0.1) is 6.54 Å². The fourth-order valence-electron chi connectivity index (χ4n) is 1.06. The van der Waals surface area contributed by atoms with Crippen LogP contribution in [0.1, 0.15) is 26.7 Å². The molecule has 0 aromatic carbocycles. The van der Waals surface area contributed by atoms with E-state index in [1.807, 2.05) is 0 Å². The molecule has 0 fully saturated rings. The van der Waals surface area contributed by atoms with E-state index < -0.39 is 0 Å². The lowest BCUT2D eigenvalue weighted by molar-refractivity contribution is -0.119. The summed E-state index contributed by atoms with van der Waals surface area (Å²) in [5.41, 5.74) is 0. The highest BCUT2D eigenvalue weighted by molar-refractivity contribution is 5.77. The van der Waals surface area contributed by atoms with E-state index in [-0.39, 0.29) is 5.91 Å². The Morgan fingerprint density at radius 2 is 1.92 bits per heavy atom. The highest BCUT2D eigenvalue weighted by Gasteiger charge is 2.03. The van der Waals surface area contributed by atoms with Crippen molar-refractivity contribution < 1.29 is 4.79 Å². The third kappa shape index (κ3) is 5.13. The molecule has 0 aliphatic rings. The summed E-state index contributed by atoms with van der Waals surface area (Å²) in [6.45, 7) is 5.74. The van der Waals surface area contributed by atoms with Crippen molar-refractivity contribution in [2.45, 2.75) is 26.7 Å². The van der Waals surface area contributed by atoms with Crippen LogP contribution in [0.5, 0.6) is 0 Å². The molecule has 0 saturated heterocycles. The van der Waals surface area contributed by atoms with E-state index in [2.05, 4.69) is 24.5 Å². The van der Waals surface area contributed by atoms with Gasteiger partial charge in [-0.3, -0.25) is 4.79 Å². The maximum atomic E-state index is 10.8. The summed E-state index contributed by atoms with van der Waals surface area (Å²) in [6.07, 6.45) is 2.36. The SMILES string of the molecule is CCC(CC)CNCC(=O)NC. The minimum absolute atomic E-state index is 0.0564. The first-order chi connectivity index (χ1) is 5.74. The summed E-state index contributed by atoms with van der Waals surface area (Å²) in [5, 5.41) is 5.70. The first-order valence-electron chi connectivity index (χ1n) is 4.65. The van der Waals surface area contributed by atoms with Crippen LogP contribution in [0, 0.1) is 5.92 Å². The molecular formula is C9H20N2O. The number of nitrogens with one attached hydrogen (secondary N) is 2. The fraction of sp³-hybridized carbons (Fsp3) is 0.889. The topological polar surface area (TPSA) is 41.1 Å². The van der Waals surface area contributed by atoms with Crippen molar-refractivity contribution in [3.8, 4) is 0 Å². The molecule has 0 radical (unpaired) electrons. The second-order valence-corrected chi connectivity index (χ2v) is 2.99. The van der Waals surface area contributed by atoms with Gasteiger partial charge in [-0.15, -0.1) is 0 Å². The lowest BCUT2D eigenvalue weighted by atomic mass is 10.0. The molecule has 0 rings (SSSR count). The van der Waals surface area contributed by atoms with Crippen molar-refractivity contribution in [3.05, 3.63) is 0 Å². The Morgan fingerprint density at radius 3 is 2.33 bits per heavy atom. The molecule has 3 heteroatoms. The number of carbonyl (C=O) groups excluding carboxylic acids is 1. The predicted molar refractivity (Wildman–Crippen MR) is 51.0 cm³/mol. The second kappa shape index (κ2) is 7.10. The third-order valence-corrected chi connectivity index (χ3v) is 2.15. The van der Waals surface area contributed by atoms with E-state index in [4.69, 9.17) is 0 Å². The van der Waals surface area contributed by atoms with Crippen LogP contribution in [0.3, 0.4) is 0 Å². The molecule has 2 N–H and O–H groups in total. The van der Waals surface area contributed by atoms with E-state index >= 15 is 0 Å². The molecule has 0 aromatic heterocycles. The lowest BCUT2D eigenvalue weighted by Gasteiger charge is -2.12. The van der Waals surface area contributed by atoms with Gasteiger partial charge in [-0.2, -0.15) is 0 Å². The van der Waals surface area contributed by atoms with Gasteiger partial charge < -0.3 is 10.6 Å². The zero-order valence-corrected chi connectivity index (χ0v) is 8.31. The third-order valence-electron chi connectivity index (χ3n) is 2.15. The van der Waals surface area contributed by atoms with Gasteiger partial charge in [0, 0.05) is 7.05 Å². The van der Waals surface area contributed by atoms with Crippen LogP contribution in [-0.4, -0.2) is 26.0 Å². The molecule has 0 heterocycles. The maximum Gasteiger partial charge on any atom is 0.233 e. The van der Waals surface area contributed by atoms with Crippen molar-refractivity contribution in [2.24, 2.45) is 5.92 Å². The molecule has 0 bridgehead atoms. The average molecular weight is 172 g/mol. The molecule has 0 saturated carbocycles. The minimum atomic E-state index is 0.0564. The van der Waals surface area contributed by atoms with Crippen molar-refractivity contribution in [1.29, 1.82) is 0 Å². The van der Waals surface area contributed by atoms with Crippen LogP contribution >= 0.6 is 0 Å². The largest absolute Gasteiger partial charge is 0.358 e. The van der Waals surface area contributed by atoms with E-state index in [0.717, 1.165) is 6.54 Å². The molecule has 0 aliphatic carbocycles. The predicted octanol–water partition coefficient (Wildman–Crippen LogP) is 0.758. The Bertz CT molecular complexity index is 122. The molecule has 3 nitrogen and oxygen atoms in total. The molecule has 12 heavy (non-hydrogen) atoms. The summed E-state index contributed by atoms with van der Waals surface area (Å²) in [7, 11) is 1.65. The second-order valence-electron chi connectivity index (χ2n) is 2.99. The van der Waals surface area contributed by atoms with Crippen LogP contribution in [-0.2, 0) is 4.79 Å². The van der Waals surface area contributed by atoms with Crippen LogP contribution in [0.25, 0.3) is 0 Å². The highest BCUT2D eigenvalue weighted by atomic mass is 16.1. The quantitative estimate of drug-likeness (QED) is 0.621. The van der Waals surface area contributed by atoms with Gasteiger partial charge in [-0.25, -0.2) is 0 Å². The van der Waals surface area contributed by atoms with Gasteiger partial charge in [-0.1, -0.05) is 26.7 Å². The zero-order chi connectivity index (χ0) is 9.40. The standard InChI is InChI=1S/C9H20N2O/c1-4-8(5-2)6-11-7-9(12)10-3/h8,11H,4-7H2,1-3H3,(H,10,12). The number of amides is 1. The first kappa shape index (κ1) is 11.4. The summed E-state index contributed by atoms with van der Waals surface area (Å²) >= 11 is 0. The molecular weight excluding hydrogens is 152 g/mol. The summed E-state index contributed by atoms with van der Waals surface area (Å²) in [5.74, 6) is 0.760. The maximum absolute atomic E-state index is 10.8. The smallest absolute Gasteiger partial charge is 0.233 e. The van der Waals surface area contributed by atoms with Gasteiger partial charge in [0.25, 0.3) is 0 Å². The van der Waals surface area contributed by atoms with Crippen molar-refractivity contribution >= 4 is 5.91 Å². The number of rotatable bonds is 6. The van der Waals surface area contributed by atoms with Crippen molar-refractivity contribution in [1.82, 2.24) is 10.6 Å². The molecule has 0 atom stereocenters. The van der Waals surface area contributed by atoms with E-state index in [1.165, 1.54) is 12.8 Å². The minimum Gasteiger partial charge on any atom is -0.358 e. The first-order valence-corrected chi connectivity index (χ1v) is 4.65. The van der Waals surface area contributed by atoms with Crippen LogP contribution in [0.15, 0.2) is 0 Å². The fourth-order valence-corrected chi connectivity index (χ4v) is 1.06. The Kier molecular flexibility index (Phi) is 6.76. The molecule has 0 spiro atoms. The van der Waals surface area contributed by atoms with Crippen LogP contribution in [0.2, 0.25) is 0 Å². The van der Waals surface area contributed by atoms with Gasteiger partial charge >= 0.3 is 0 Å². The zero-order valence-electron chi connectivity index (χ0n) is 8.31. The Hall–Kier alpha value is -0.570. The van der Waals surface area contributed by atoms with Gasteiger partial charge in [-0.05, 0) is 12.5 Å². The summed E-state index contributed by atoms with van der Waals surface area (Å²) in [6, 6.07) is 0. The van der Waals surface area contributed by atoms with Crippen LogP contribution in [0.4, 0.5) is 0 Å². The Morgan fingerprint density at radius 1 is 1.33 bits per heavy atom. The summed E-state index contributed by atoms with van der Waals surface area (Å²) < 4.78 is 0. The van der Waals surface area contributed by atoms with Crippen molar-refractivity contribution in [3.63, 3.8) is 0 Å². The van der Waals surface area contributed by atoms with Crippen LogP contribution < -0.4 is 10.6 Å². The molecule has 72 valence electrons. The number of hydrogen-bond donors (Lipinski definition) is 2. The van der Waals surface area contributed by atoms with Gasteiger partial charge in [0.2, 0.25) is 5.91 Å². The van der Waals surface area contributed by atoms with Gasteiger partial charge in [0.15, 0.2) is 0 Å². The number of hydrogen-bond acceptors (Lipinski definition) is 2. The molecule has 0 unspecified atom stereocenters. The summed E-state index contributed by atoms with van der Waals surface area (Å²) in [4.78, 5) is 10.8. The molecule has 1 amide bonds. The van der Waals surface area contributed by atoms with E-state index in [0.29, 0.717) is 12.5 Å². The van der Waals surface area contributed by atoms with Crippen molar-refractivity contribution in [2.75, 3.05) is 20.1 Å². The lowest BCUT2D eigenvalue weighted by Crippen LogP contribution is -2.33. The van der Waals surface area contributed by atoms with E-state index in [9.17, 15) is 4.79 Å². The van der Waals surface area contributed by atoms with Gasteiger partial charge in [0.1, 0.15) is 0 Å². The average Bonchev–Trinajstić information content (AvgIpc) is 2.12. The normalized spacial score (nSPS) is 10.3.